The molecule has 0 aromatic heterocycles. The van der Waals surface area contributed by atoms with Crippen LogP contribution in [0.15, 0.2) is 0 Å². The highest BCUT2D eigenvalue weighted by atomic mass is 79.9. The number of halogens is 2. The smallest absolute Gasteiger partial charge is 0.372 e. The van der Waals surface area contributed by atoms with E-state index in [0.717, 1.165) is 38.5 Å². The van der Waals surface area contributed by atoms with Gasteiger partial charge in [-0.15, -0.1) is 0 Å². The highest BCUT2D eigenvalue weighted by molar-refractivity contribution is 9.26. The minimum Gasteiger partial charge on any atom is -0.372 e. The second-order valence-electron chi connectivity index (χ2n) is 4.91. The molecule has 0 N–H and O–H groups in total. The largest absolute Gasteiger partial charge is 0.529 e. The summed E-state index contributed by atoms with van der Waals surface area (Å²) in [5.41, 5.74) is 0. The van der Waals surface area contributed by atoms with Gasteiger partial charge in [-0.1, -0.05) is 72.4 Å². The maximum absolute atomic E-state index is 6.15. The molecule has 0 unspecified atom stereocenters. The second kappa shape index (κ2) is 11.6. The molecule has 0 saturated carbocycles. The highest BCUT2D eigenvalue weighted by Crippen LogP contribution is 2.43. The number of hydrogen-bond acceptors (Lipinski definition) is 3. The van der Waals surface area contributed by atoms with Crippen LogP contribution in [-0.2, 0) is 13.3 Å². The van der Waals surface area contributed by atoms with Crippen LogP contribution in [0, 0.1) is 0 Å². The molecule has 0 amide bonds. The Morgan fingerprint density at radius 2 is 1.15 bits per heavy atom. The van der Waals surface area contributed by atoms with Crippen LogP contribution in [0.2, 0.25) is 0 Å². The van der Waals surface area contributed by atoms with Gasteiger partial charge in [0.2, 0.25) is 0 Å². The molecule has 0 rings (SSSR count). The molecule has 3 nitrogen and oxygen atoms in total. The average Bonchev–Trinajstić information content (AvgIpc) is 2.44. The molecular weight excluding hydrogens is 404 g/mol. The normalized spacial score (nSPS) is 12.9. The first kappa shape index (κ1) is 21.1. The number of unbranched alkanes of at least 4 members (excludes halogenated alkanes) is 1. The van der Waals surface area contributed by atoms with Gasteiger partial charge in [-0.25, -0.2) is 0 Å². The fourth-order valence-corrected chi connectivity index (χ4v) is 7.11. The van der Waals surface area contributed by atoms with Crippen molar-refractivity contribution in [2.75, 3.05) is 19.8 Å². The SMILES string of the molecule is CCCCC(Br)(Br)[Si](OCCC)(OCCC)OCCC. The summed E-state index contributed by atoms with van der Waals surface area (Å²) in [7, 11) is -2.79. The van der Waals surface area contributed by atoms with Crippen molar-refractivity contribution >= 4 is 40.7 Å². The van der Waals surface area contributed by atoms with E-state index in [1.807, 2.05) is 0 Å². The lowest BCUT2D eigenvalue weighted by atomic mass is 10.3. The maximum Gasteiger partial charge on any atom is 0.529 e. The molecule has 6 heteroatoms. The average molecular weight is 434 g/mol. The summed E-state index contributed by atoms with van der Waals surface area (Å²) in [5, 5.41) is 0. The molecule has 0 saturated heterocycles. The predicted molar refractivity (Wildman–Crippen MR) is 94.6 cm³/mol. The third kappa shape index (κ3) is 6.88. The van der Waals surface area contributed by atoms with E-state index >= 15 is 0 Å². The molecule has 0 fully saturated rings. The first-order chi connectivity index (χ1) is 9.49. The van der Waals surface area contributed by atoms with Crippen LogP contribution >= 0.6 is 31.9 Å². The van der Waals surface area contributed by atoms with Crippen LogP contribution in [0.3, 0.4) is 0 Å². The monoisotopic (exact) mass is 432 g/mol. The summed E-state index contributed by atoms with van der Waals surface area (Å²) in [6.07, 6.45) is 6.06. The molecule has 0 aliphatic rings. The lowest BCUT2D eigenvalue weighted by molar-refractivity contribution is 0.0550. The van der Waals surface area contributed by atoms with Crippen LogP contribution in [0.25, 0.3) is 0 Å². The molecule has 0 aromatic rings. The maximum atomic E-state index is 6.15. The van der Waals surface area contributed by atoms with Gasteiger partial charge >= 0.3 is 8.80 Å². The quantitative estimate of drug-likeness (QED) is 0.286. The summed E-state index contributed by atoms with van der Waals surface area (Å²) in [6, 6.07) is 0. The fraction of sp³-hybridized carbons (Fsp3) is 1.00. The van der Waals surface area contributed by atoms with Crippen molar-refractivity contribution in [3.8, 4) is 0 Å². The van der Waals surface area contributed by atoms with E-state index in [-0.39, 0.29) is 2.86 Å². The minimum absolute atomic E-state index is 0.386. The van der Waals surface area contributed by atoms with Crippen LogP contribution in [0.4, 0.5) is 0 Å². The van der Waals surface area contributed by atoms with Gasteiger partial charge in [0.05, 0.1) is 0 Å². The van der Waals surface area contributed by atoms with Crippen LogP contribution in [-0.4, -0.2) is 31.5 Å². The van der Waals surface area contributed by atoms with Gasteiger partial charge in [0, 0.05) is 19.8 Å². The van der Waals surface area contributed by atoms with Crippen molar-refractivity contribution in [2.45, 2.75) is 69.1 Å². The Morgan fingerprint density at radius 3 is 1.45 bits per heavy atom. The van der Waals surface area contributed by atoms with Crippen LogP contribution < -0.4 is 0 Å². The van der Waals surface area contributed by atoms with Gasteiger partial charge in [0.15, 0.2) is 0 Å². The van der Waals surface area contributed by atoms with Crippen molar-refractivity contribution in [3.63, 3.8) is 0 Å². The van der Waals surface area contributed by atoms with Crippen molar-refractivity contribution in [3.05, 3.63) is 0 Å². The van der Waals surface area contributed by atoms with Crippen molar-refractivity contribution in [1.29, 1.82) is 0 Å². The number of hydrogen-bond donors (Lipinski definition) is 0. The third-order valence-corrected chi connectivity index (χ3v) is 9.39. The number of rotatable bonds is 13. The zero-order chi connectivity index (χ0) is 15.5. The van der Waals surface area contributed by atoms with E-state index < -0.39 is 8.80 Å². The Hall–Kier alpha value is 1.06. The zero-order valence-corrected chi connectivity index (χ0v) is 17.5. The van der Waals surface area contributed by atoms with E-state index in [1.165, 1.54) is 0 Å². The van der Waals surface area contributed by atoms with Gasteiger partial charge in [0.25, 0.3) is 0 Å². The molecule has 0 aliphatic carbocycles. The number of alkyl halides is 2. The lowest BCUT2D eigenvalue weighted by Crippen LogP contribution is -2.59. The highest BCUT2D eigenvalue weighted by Gasteiger charge is 2.58. The van der Waals surface area contributed by atoms with Crippen LogP contribution in [0.5, 0.6) is 0 Å². The van der Waals surface area contributed by atoms with E-state index in [0.29, 0.717) is 19.8 Å². The topological polar surface area (TPSA) is 27.7 Å². The molecule has 0 radical (unpaired) electrons. The summed E-state index contributed by atoms with van der Waals surface area (Å²) < 4.78 is 18.1. The lowest BCUT2D eigenvalue weighted by Gasteiger charge is -2.38. The summed E-state index contributed by atoms with van der Waals surface area (Å²) in [5.74, 6) is 0. The third-order valence-electron chi connectivity index (χ3n) is 2.78. The molecule has 0 bridgehead atoms. The first-order valence-corrected chi connectivity index (χ1v) is 11.1. The summed E-state index contributed by atoms with van der Waals surface area (Å²) in [6.45, 7) is 10.5. The molecule has 0 aromatic carbocycles. The Bertz CT molecular complexity index is 219. The van der Waals surface area contributed by atoms with Crippen molar-refractivity contribution in [1.82, 2.24) is 0 Å². The summed E-state index contributed by atoms with van der Waals surface area (Å²) >= 11 is 7.60. The molecule has 0 atom stereocenters. The molecule has 0 spiro atoms. The van der Waals surface area contributed by atoms with Gasteiger partial charge in [0.1, 0.15) is 2.86 Å². The van der Waals surface area contributed by atoms with E-state index in [4.69, 9.17) is 13.3 Å². The zero-order valence-electron chi connectivity index (χ0n) is 13.3. The van der Waals surface area contributed by atoms with Crippen molar-refractivity contribution in [2.24, 2.45) is 0 Å². The summed E-state index contributed by atoms with van der Waals surface area (Å²) in [4.78, 5) is 0. The Kier molecular flexibility index (Phi) is 12.2. The Morgan fingerprint density at radius 1 is 0.750 bits per heavy atom. The predicted octanol–water partition coefficient (Wildman–Crippen LogP) is 5.42. The Labute approximate surface area is 142 Å². The van der Waals surface area contributed by atoms with Gasteiger partial charge in [-0.3, -0.25) is 0 Å². The standard InChI is InChI=1S/C14H30Br2O3Si/c1-5-9-10-14(15,16)20(17-11-6-2,18-12-7-3)19-13-8-4/h5-13H2,1-4H3. The molecule has 20 heavy (non-hydrogen) atoms. The molecular formula is C14H30Br2O3Si. The van der Waals surface area contributed by atoms with Gasteiger partial charge in [-0.05, 0) is 25.7 Å². The molecule has 0 aliphatic heterocycles. The van der Waals surface area contributed by atoms with Crippen molar-refractivity contribution < 1.29 is 13.3 Å². The Balaban J connectivity index is 5.08. The first-order valence-electron chi connectivity index (χ1n) is 7.79. The molecule has 122 valence electrons. The molecule has 0 heterocycles. The van der Waals surface area contributed by atoms with E-state index in [2.05, 4.69) is 59.6 Å². The van der Waals surface area contributed by atoms with E-state index in [1.54, 1.807) is 0 Å². The van der Waals surface area contributed by atoms with E-state index in [9.17, 15) is 0 Å². The van der Waals surface area contributed by atoms with Gasteiger partial charge in [-0.2, -0.15) is 0 Å². The fourth-order valence-electron chi connectivity index (χ4n) is 1.70. The van der Waals surface area contributed by atoms with Crippen LogP contribution in [0.1, 0.15) is 66.2 Å². The van der Waals surface area contributed by atoms with Gasteiger partial charge < -0.3 is 13.3 Å². The minimum atomic E-state index is -2.79. The second-order valence-corrected chi connectivity index (χ2v) is 13.0.